The number of anilines is 1. The molecule has 2 aliphatic heterocycles. The topological polar surface area (TPSA) is 76.9 Å². The van der Waals surface area contributed by atoms with Gasteiger partial charge in [-0.05, 0) is 17.7 Å². The van der Waals surface area contributed by atoms with E-state index < -0.39 is 0 Å². The van der Waals surface area contributed by atoms with Crippen molar-refractivity contribution in [1.82, 2.24) is 14.7 Å². The Balaban J connectivity index is 1.39. The summed E-state index contributed by atoms with van der Waals surface area (Å²) in [6, 6.07) is 5.52. The lowest BCUT2D eigenvalue weighted by atomic mass is 10.1. The Kier molecular flexibility index (Phi) is 4.24. The molecule has 136 valence electrons. The Hall–Kier alpha value is -3.03. The molecule has 0 unspecified atom stereocenters. The fourth-order valence-electron chi connectivity index (χ4n) is 3.19. The van der Waals surface area contributed by atoms with E-state index in [9.17, 15) is 9.59 Å². The smallest absolute Gasteiger partial charge is 0.246 e. The SMILES string of the molecule is Cn1cc(N2CCN(C(=O)Cc3ccc4c(c3)OCCO4)CC2=O)cn1. The molecule has 1 fully saturated rings. The lowest BCUT2D eigenvalue weighted by molar-refractivity contribution is -0.136. The summed E-state index contributed by atoms with van der Waals surface area (Å²) in [4.78, 5) is 28.3. The predicted molar refractivity (Wildman–Crippen MR) is 93.3 cm³/mol. The molecular formula is C18H20N4O4. The van der Waals surface area contributed by atoms with Crippen LogP contribution in [0.1, 0.15) is 5.56 Å². The molecule has 0 saturated carbocycles. The largest absolute Gasteiger partial charge is 0.486 e. The molecule has 1 saturated heterocycles. The van der Waals surface area contributed by atoms with Crippen molar-refractivity contribution in [3.8, 4) is 11.5 Å². The van der Waals surface area contributed by atoms with Crippen LogP contribution in [0.2, 0.25) is 0 Å². The molecule has 0 N–H and O–H groups in total. The summed E-state index contributed by atoms with van der Waals surface area (Å²) in [5.41, 5.74) is 1.61. The summed E-state index contributed by atoms with van der Waals surface area (Å²) >= 11 is 0. The zero-order valence-electron chi connectivity index (χ0n) is 14.6. The number of nitrogens with zero attached hydrogens (tertiary/aromatic N) is 4. The van der Waals surface area contributed by atoms with Gasteiger partial charge in [0.2, 0.25) is 11.8 Å². The molecule has 2 aliphatic rings. The van der Waals surface area contributed by atoms with Crippen molar-refractivity contribution in [1.29, 1.82) is 0 Å². The van der Waals surface area contributed by atoms with E-state index in [0.29, 0.717) is 37.8 Å². The van der Waals surface area contributed by atoms with Crippen LogP contribution in [-0.4, -0.2) is 59.3 Å². The van der Waals surface area contributed by atoms with E-state index in [1.165, 1.54) is 0 Å². The number of ether oxygens (including phenoxy) is 2. The first kappa shape index (κ1) is 16.4. The normalized spacial score (nSPS) is 16.7. The van der Waals surface area contributed by atoms with Gasteiger partial charge in [-0.25, -0.2) is 0 Å². The average Bonchev–Trinajstić information content (AvgIpc) is 3.07. The summed E-state index contributed by atoms with van der Waals surface area (Å²) in [6.07, 6.45) is 3.69. The van der Waals surface area contributed by atoms with Gasteiger partial charge in [0.15, 0.2) is 11.5 Å². The highest BCUT2D eigenvalue weighted by Crippen LogP contribution is 2.31. The van der Waals surface area contributed by atoms with Crippen LogP contribution in [0, 0.1) is 0 Å². The Labute approximate surface area is 150 Å². The molecule has 0 spiro atoms. The Morgan fingerprint density at radius 2 is 2.00 bits per heavy atom. The first-order valence-corrected chi connectivity index (χ1v) is 8.55. The van der Waals surface area contributed by atoms with Crippen molar-refractivity contribution in [2.24, 2.45) is 7.05 Å². The van der Waals surface area contributed by atoms with E-state index in [4.69, 9.17) is 9.47 Å². The molecule has 3 heterocycles. The van der Waals surface area contributed by atoms with E-state index in [2.05, 4.69) is 5.10 Å². The first-order chi connectivity index (χ1) is 12.6. The highest BCUT2D eigenvalue weighted by Gasteiger charge is 2.28. The minimum Gasteiger partial charge on any atom is -0.486 e. The van der Waals surface area contributed by atoms with Crippen molar-refractivity contribution in [3.63, 3.8) is 0 Å². The van der Waals surface area contributed by atoms with Gasteiger partial charge < -0.3 is 19.3 Å². The fourth-order valence-corrected chi connectivity index (χ4v) is 3.19. The van der Waals surface area contributed by atoms with Gasteiger partial charge in [-0.1, -0.05) is 6.07 Å². The Morgan fingerprint density at radius 1 is 1.19 bits per heavy atom. The summed E-state index contributed by atoms with van der Waals surface area (Å²) in [7, 11) is 1.81. The zero-order chi connectivity index (χ0) is 18.1. The molecule has 0 atom stereocenters. The standard InChI is InChI=1S/C18H20N4O4/c1-20-11-14(10-19-20)22-5-4-21(12-18(22)24)17(23)9-13-2-3-15-16(8-13)26-7-6-25-15/h2-3,8,10-11H,4-7,9,12H2,1H3. The number of fused-ring (bicyclic) bond motifs is 1. The first-order valence-electron chi connectivity index (χ1n) is 8.55. The number of hydrogen-bond donors (Lipinski definition) is 0. The fraction of sp³-hybridized carbons (Fsp3) is 0.389. The van der Waals surface area contributed by atoms with Crippen molar-refractivity contribution in [2.45, 2.75) is 6.42 Å². The molecule has 1 aromatic heterocycles. The zero-order valence-corrected chi connectivity index (χ0v) is 14.6. The number of hydrogen-bond acceptors (Lipinski definition) is 5. The van der Waals surface area contributed by atoms with E-state index in [0.717, 1.165) is 11.3 Å². The second-order valence-electron chi connectivity index (χ2n) is 6.39. The van der Waals surface area contributed by atoms with Crippen LogP contribution in [0.4, 0.5) is 5.69 Å². The number of aromatic nitrogens is 2. The maximum atomic E-state index is 12.6. The molecule has 8 nitrogen and oxygen atoms in total. The molecular weight excluding hydrogens is 336 g/mol. The van der Waals surface area contributed by atoms with Gasteiger partial charge in [0, 0.05) is 26.3 Å². The molecule has 4 rings (SSSR count). The second kappa shape index (κ2) is 6.70. The molecule has 0 aliphatic carbocycles. The lowest BCUT2D eigenvalue weighted by Crippen LogP contribution is -2.52. The van der Waals surface area contributed by atoms with Gasteiger partial charge in [-0.2, -0.15) is 5.10 Å². The monoisotopic (exact) mass is 356 g/mol. The van der Waals surface area contributed by atoms with Crippen LogP contribution in [0.25, 0.3) is 0 Å². The van der Waals surface area contributed by atoms with Crippen LogP contribution in [-0.2, 0) is 23.1 Å². The molecule has 0 radical (unpaired) electrons. The van der Waals surface area contributed by atoms with E-state index in [1.807, 2.05) is 18.2 Å². The third-order valence-electron chi connectivity index (χ3n) is 4.54. The molecule has 1 aromatic carbocycles. The predicted octanol–water partition coefficient (Wildman–Crippen LogP) is 0.609. The number of benzene rings is 1. The van der Waals surface area contributed by atoms with Crippen LogP contribution in [0.15, 0.2) is 30.6 Å². The van der Waals surface area contributed by atoms with Gasteiger partial charge in [-0.3, -0.25) is 14.3 Å². The van der Waals surface area contributed by atoms with Gasteiger partial charge in [0.05, 0.1) is 18.3 Å². The molecule has 8 heteroatoms. The third-order valence-corrected chi connectivity index (χ3v) is 4.54. The van der Waals surface area contributed by atoms with E-state index in [-0.39, 0.29) is 24.8 Å². The number of rotatable bonds is 3. The Bertz CT molecular complexity index is 847. The second-order valence-corrected chi connectivity index (χ2v) is 6.39. The van der Waals surface area contributed by atoms with Gasteiger partial charge in [0.25, 0.3) is 0 Å². The van der Waals surface area contributed by atoms with Crippen LogP contribution < -0.4 is 14.4 Å². The van der Waals surface area contributed by atoms with Crippen molar-refractivity contribution < 1.29 is 19.1 Å². The summed E-state index contributed by atoms with van der Waals surface area (Å²) in [6.45, 7) is 2.10. The number of piperazine rings is 1. The third kappa shape index (κ3) is 3.22. The minimum atomic E-state index is -0.0974. The van der Waals surface area contributed by atoms with Crippen molar-refractivity contribution in [3.05, 3.63) is 36.2 Å². The molecule has 2 amide bonds. The summed E-state index contributed by atoms with van der Waals surface area (Å²) in [5.74, 6) is 1.20. The molecule has 0 bridgehead atoms. The quantitative estimate of drug-likeness (QED) is 0.805. The number of carbonyl (C=O) groups is 2. The maximum absolute atomic E-state index is 12.6. The summed E-state index contributed by atoms with van der Waals surface area (Å²) in [5, 5.41) is 4.09. The highest BCUT2D eigenvalue weighted by molar-refractivity contribution is 5.97. The van der Waals surface area contributed by atoms with Crippen LogP contribution in [0.3, 0.4) is 0 Å². The van der Waals surface area contributed by atoms with E-state index >= 15 is 0 Å². The molecule has 2 aromatic rings. The number of carbonyl (C=O) groups excluding carboxylic acids is 2. The number of amides is 2. The average molecular weight is 356 g/mol. The van der Waals surface area contributed by atoms with Crippen molar-refractivity contribution in [2.75, 3.05) is 37.7 Å². The van der Waals surface area contributed by atoms with E-state index in [1.54, 1.807) is 33.9 Å². The van der Waals surface area contributed by atoms with Gasteiger partial charge >= 0.3 is 0 Å². The molecule has 26 heavy (non-hydrogen) atoms. The van der Waals surface area contributed by atoms with Crippen LogP contribution >= 0.6 is 0 Å². The highest BCUT2D eigenvalue weighted by atomic mass is 16.6. The van der Waals surface area contributed by atoms with Gasteiger partial charge in [0.1, 0.15) is 19.8 Å². The maximum Gasteiger partial charge on any atom is 0.246 e. The van der Waals surface area contributed by atoms with Crippen molar-refractivity contribution >= 4 is 17.5 Å². The minimum absolute atomic E-state index is 0.0686. The lowest BCUT2D eigenvalue weighted by Gasteiger charge is -2.33. The summed E-state index contributed by atoms with van der Waals surface area (Å²) < 4.78 is 12.7. The van der Waals surface area contributed by atoms with Crippen LogP contribution in [0.5, 0.6) is 11.5 Å². The number of aryl methyl sites for hydroxylation is 1. The Morgan fingerprint density at radius 3 is 2.73 bits per heavy atom. The van der Waals surface area contributed by atoms with Gasteiger partial charge in [-0.15, -0.1) is 0 Å².